The van der Waals surface area contributed by atoms with Crippen molar-refractivity contribution in [2.75, 3.05) is 19.5 Å². The second kappa shape index (κ2) is 6.22. The number of aryl methyl sites for hydroxylation is 2. The summed E-state index contributed by atoms with van der Waals surface area (Å²) in [6.07, 6.45) is 1.57. The Balaban J connectivity index is 1.92. The summed E-state index contributed by atoms with van der Waals surface area (Å²) in [5.74, 6) is 2.08. The van der Waals surface area contributed by atoms with Crippen LogP contribution in [0.5, 0.6) is 11.5 Å². The van der Waals surface area contributed by atoms with E-state index in [9.17, 15) is 0 Å². The summed E-state index contributed by atoms with van der Waals surface area (Å²) in [6, 6.07) is 10.1. The van der Waals surface area contributed by atoms with Crippen molar-refractivity contribution in [1.82, 2.24) is 15.0 Å². The first-order valence-electron chi connectivity index (χ1n) is 8.34. The molecular weight excluding hydrogens is 328 g/mol. The van der Waals surface area contributed by atoms with Gasteiger partial charge in [0.2, 0.25) is 0 Å². The molecule has 132 valence electrons. The van der Waals surface area contributed by atoms with Crippen molar-refractivity contribution in [3.8, 4) is 11.5 Å². The molecule has 0 fully saturated rings. The van der Waals surface area contributed by atoms with Crippen LogP contribution in [0.4, 0.5) is 11.5 Å². The van der Waals surface area contributed by atoms with Crippen molar-refractivity contribution in [1.29, 1.82) is 0 Å². The Bertz CT molecular complexity index is 1100. The highest BCUT2D eigenvalue weighted by atomic mass is 16.5. The molecule has 0 bridgehead atoms. The van der Waals surface area contributed by atoms with Gasteiger partial charge in [-0.2, -0.15) is 0 Å². The number of aromatic amines is 1. The van der Waals surface area contributed by atoms with Crippen molar-refractivity contribution < 1.29 is 9.47 Å². The first-order valence-corrected chi connectivity index (χ1v) is 8.34. The summed E-state index contributed by atoms with van der Waals surface area (Å²) in [6.45, 7) is 4.16. The number of H-pyrrole nitrogens is 1. The Labute approximate surface area is 151 Å². The predicted octanol–water partition coefficient (Wildman–Crippen LogP) is 4.49. The number of anilines is 2. The van der Waals surface area contributed by atoms with E-state index in [0.29, 0.717) is 11.5 Å². The van der Waals surface area contributed by atoms with Crippen LogP contribution >= 0.6 is 0 Å². The molecule has 0 aliphatic carbocycles. The first-order chi connectivity index (χ1) is 12.6. The number of para-hydroxylation sites is 1. The van der Waals surface area contributed by atoms with Crippen LogP contribution in [0.25, 0.3) is 21.9 Å². The van der Waals surface area contributed by atoms with Crippen molar-refractivity contribution in [2.24, 2.45) is 0 Å². The molecule has 0 atom stereocenters. The van der Waals surface area contributed by atoms with Gasteiger partial charge in [0.25, 0.3) is 0 Å². The highest BCUT2D eigenvalue weighted by molar-refractivity contribution is 6.09. The van der Waals surface area contributed by atoms with Gasteiger partial charge in [-0.3, -0.25) is 0 Å². The Kier molecular flexibility index (Phi) is 3.88. The van der Waals surface area contributed by atoms with Crippen LogP contribution < -0.4 is 14.8 Å². The monoisotopic (exact) mass is 348 g/mol. The SMILES string of the molecule is COc1cc2[nH]c3c(Nc4c(C)cccc4C)ncnc3c2cc1OC. The van der Waals surface area contributed by atoms with Gasteiger partial charge in [-0.15, -0.1) is 0 Å². The normalized spacial score (nSPS) is 11.1. The number of benzene rings is 2. The predicted molar refractivity (Wildman–Crippen MR) is 104 cm³/mol. The number of nitrogens with zero attached hydrogens (tertiary/aromatic N) is 2. The lowest BCUT2D eigenvalue weighted by Gasteiger charge is -2.12. The lowest BCUT2D eigenvalue weighted by molar-refractivity contribution is 0.356. The fourth-order valence-corrected chi connectivity index (χ4v) is 3.25. The summed E-state index contributed by atoms with van der Waals surface area (Å²) in [7, 11) is 3.25. The zero-order valence-corrected chi connectivity index (χ0v) is 15.2. The highest BCUT2D eigenvalue weighted by Crippen LogP contribution is 2.37. The number of rotatable bonds is 4. The van der Waals surface area contributed by atoms with Crippen molar-refractivity contribution >= 4 is 33.4 Å². The molecule has 4 rings (SSSR count). The molecule has 4 aromatic rings. The van der Waals surface area contributed by atoms with Crippen molar-refractivity contribution in [3.05, 3.63) is 47.8 Å². The number of hydrogen-bond donors (Lipinski definition) is 2. The van der Waals surface area contributed by atoms with Crippen molar-refractivity contribution in [2.45, 2.75) is 13.8 Å². The molecule has 0 spiro atoms. The fraction of sp³-hybridized carbons (Fsp3) is 0.200. The van der Waals surface area contributed by atoms with Crippen LogP contribution in [0.15, 0.2) is 36.7 Å². The first kappa shape index (κ1) is 16.2. The minimum Gasteiger partial charge on any atom is -0.493 e. The molecule has 0 saturated carbocycles. The maximum absolute atomic E-state index is 5.42. The topological polar surface area (TPSA) is 72.1 Å². The van der Waals surface area contributed by atoms with E-state index < -0.39 is 0 Å². The molecule has 0 radical (unpaired) electrons. The van der Waals surface area contributed by atoms with Gasteiger partial charge in [0.15, 0.2) is 17.3 Å². The average Bonchev–Trinajstić information content (AvgIpc) is 3.02. The van der Waals surface area contributed by atoms with E-state index in [0.717, 1.165) is 44.6 Å². The molecule has 0 aliphatic heterocycles. The van der Waals surface area contributed by atoms with Gasteiger partial charge in [-0.25, -0.2) is 9.97 Å². The third-order valence-electron chi connectivity index (χ3n) is 4.61. The van der Waals surface area contributed by atoms with E-state index in [1.807, 2.05) is 18.2 Å². The van der Waals surface area contributed by atoms with E-state index in [4.69, 9.17) is 9.47 Å². The fourth-order valence-electron chi connectivity index (χ4n) is 3.25. The quantitative estimate of drug-likeness (QED) is 0.568. The van der Waals surface area contributed by atoms with E-state index in [1.54, 1.807) is 20.5 Å². The average molecular weight is 348 g/mol. The van der Waals surface area contributed by atoms with Crippen molar-refractivity contribution in [3.63, 3.8) is 0 Å². The largest absolute Gasteiger partial charge is 0.493 e. The van der Waals surface area contributed by atoms with Crippen LogP contribution in [0, 0.1) is 13.8 Å². The molecule has 26 heavy (non-hydrogen) atoms. The minimum atomic E-state index is 0.670. The molecule has 2 heterocycles. The highest BCUT2D eigenvalue weighted by Gasteiger charge is 2.15. The van der Waals surface area contributed by atoms with Crippen LogP contribution in [0.1, 0.15) is 11.1 Å². The van der Waals surface area contributed by atoms with Gasteiger partial charge >= 0.3 is 0 Å². The molecule has 2 aromatic carbocycles. The number of ether oxygens (including phenoxy) is 2. The van der Waals surface area contributed by atoms with Crippen LogP contribution in [-0.4, -0.2) is 29.2 Å². The molecule has 0 amide bonds. The standard InChI is InChI=1S/C20H20N4O2/c1-11-6-5-7-12(2)17(11)24-20-19-18(21-10-22-20)13-8-15(25-3)16(26-4)9-14(13)23-19/h5-10,23H,1-4H3,(H,21,22,24). The second-order valence-corrected chi connectivity index (χ2v) is 6.22. The van der Waals surface area contributed by atoms with Crippen LogP contribution in [0.2, 0.25) is 0 Å². The molecular formula is C20H20N4O2. The molecule has 6 nitrogen and oxygen atoms in total. The molecule has 6 heteroatoms. The molecule has 0 aliphatic rings. The van der Waals surface area contributed by atoms with Gasteiger partial charge < -0.3 is 19.8 Å². The number of aromatic nitrogens is 3. The zero-order chi connectivity index (χ0) is 18.3. The van der Waals surface area contributed by atoms with Gasteiger partial charge in [0.1, 0.15) is 17.4 Å². The van der Waals surface area contributed by atoms with E-state index in [1.165, 1.54) is 0 Å². The summed E-state index contributed by atoms with van der Waals surface area (Å²) in [4.78, 5) is 12.3. The Morgan fingerprint density at radius 1 is 0.962 bits per heavy atom. The Morgan fingerprint density at radius 2 is 1.65 bits per heavy atom. The van der Waals surface area contributed by atoms with E-state index >= 15 is 0 Å². The number of hydrogen-bond acceptors (Lipinski definition) is 5. The second-order valence-electron chi connectivity index (χ2n) is 6.22. The van der Waals surface area contributed by atoms with Crippen LogP contribution in [0.3, 0.4) is 0 Å². The van der Waals surface area contributed by atoms with Gasteiger partial charge in [0, 0.05) is 17.1 Å². The zero-order valence-electron chi connectivity index (χ0n) is 15.2. The lowest BCUT2D eigenvalue weighted by Crippen LogP contribution is -1.99. The smallest absolute Gasteiger partial charge is 0.162 e. The molecule has 0 unspecified atom stereocenters. The molecule has 2 aromatic heterocycles. The number of methoxy groups -OCH3 is 2. The summed E-state index contributed by atoms with van der Waals surface area (Å²) >= 11 is 0. The molecule has 0 saturated heterocycles. The third-order valence-corrected chi connectivity index (χ3v) is 4.61. The Morgan fingerprint density at radius 3 is 2.35 bits per heavy atom. The van der Waals surface area contributed by atoms with Crippen LogP contribution in [-0.2, 0) is 0 Å². The molecule has 2 N–H and O–H groups in total. The van der Waals surface area contributed by atoms with Gasteiger partial charge in [-0.05, 0) is 31.0 Å². The maximum atomic E-state index is 5.42. The van der Waals surface area contributed by atoms with E-state index in [2.05, 4.69) is 46.2 Å². The Hall–Kier alpha value is -3.28. The summed E-state index contributed by atoms with van der Waals surface area (Å²) < 4.78 is 10.8. The lowest BCUT2D eigenvalue weighted by atomic mass is 10.1. The van der Waals surface area contributed by atoms with E-state index in [-0.39, 0.29) is 0 Å². The minimum absolute atomic E-state index is 0.670. The maximum Gasteiger partial charge on any atom is 0.162 e. The summed E-state index contributed by atoms with van der Waals surface area (Å²) in [5, 5.41) is 4.42. The number of fused-ring (bicyclic) bond motifs is 3. The third kappa shape index (κ3) is 2.50. The number of nitrogens with one attached hydrogen (secondary N) is 2. The van der Waals surface area contributed by atoms with Gasteiger partial charge in [0.05, 0.1) is 19.7 Å². The summed E-state index contributed by atoms with van der Waals surface area (Å²) in [5.41, 5.74) is 5.99. The van der Waals surface area contributed by atoms with Gasteiger partial charge in [-0.1, -0.05) is 18.2 Å².